The molecular formula is C15H21Cl2NO. The molecule has 0 bridgehead atoms. The smallest absolute Gasteiger partial charge is 0.0469 e. The number of hydrogen-bond donors (Lipinski definition) is 1. The van der Waals surface area contributed by atoms with Crippen molar-refractivity contribution in [2.75, 3.05) is 19.8 Å². The lowest BCUT2D eigenvalue weighted by Gasteiger charge is -2.32. The van der Waals surface area contributed by atoms with Gasteiger partial charge in [0.25, 0.3) is 0 Å². The van der Waals surface area contributed by atoms with E-state index in [4.69, 9.17) is 27.9 Å². The summed E-state index contributed by atoms with van der Waals surface area (Å²) >= 11 is 12.4. The van der Waals surface area contributed by atoms with E-state index in [2.05, 4.69) is 12.2 Å². The molecular weight excluding hydrogens is 281 g/mol. The molecule has 1 heterocycles. The molecule has 106 valence electrons. The summed E-state index contributed by atoms with van der Waals surface area (Å²) in [5, 5.41) is 5.08. The highest BCUT2D eigenvalue weighted by Crippen LogP contribution is 2.35. The molecule has 1 N–H and O–H groups in total. The monoisotopic (exact) mass is 301 g/mol. The lowest BCUT2D eigenvalue weighted by molar-refractivity contribution is 0.0536. The second-order valence-corrected chi connectivity index (χ2v) is 5.89. The fraction of sp³-hybridized carbons (Fsp3) is 0.600. The number of halogens is 2. The summed E-state index contributed by atoms with van der Waals surface area (Å²) in [5.41, 5.74) is 1.16. The third-order valence-electron chi connectivity index (χ3n) is 3.65. The molecule has 4 heteroatoms. The van der Waals surface area contributed by atoms with E-state index in [1.54, 1.807) is 0 Å². The fourth-order valence-corrected chi connectivity index (χ4v) is 3.16. The summed E-state index contributed by atoms with van der Waals surface area (Å²) < 4.78 is 5.46. The van der Waals surface area contributed by atoms with E-state index in [0.717, 1.165) is 49.6 Å². The quantitative estimate of drug-likeness (QED) is 0.867. The second-order valence-electron chi connectivity index (χ2n) is 5.05. The number of rotatable bonds is 5. The van der Waals surface area contributed by atoms with Crippen LogP contribution >= 0.6 is 23.2 Å². The first-order valence-electron chi connectivity index (χ1n) is 6.98. The molecule has 1 aliphatic heterocycles. The van der Waals surface area contributed by atoms with Gasteiger partial charge in [-0.25, -0.2) is 0 Å². The summed E-state index contributed by atoms with van der Waals surface area (Å²) in [4.78, 5) is 0. The molecule has 0 amide bonds. The van der Waals surface area contributed by atoms with Gasteiger partial charge in [-0.2, -0.15) is 0 Å². The van der Waals surface area contributed by atoms with Crippen LogP contribution in [0.15, 0.2) is 18.2 Å². The number of hydrogen-bond acceptors (Lipinski definition) is 2. The van der Waals surface area contributed by atoms with Gasteiger partial charge in [0.1, 0.15) is 0 Å². The Morgan fingerprint density at radius 1 is 1.32 bits per heavy atom. The van der Waals surface area contributed by atoms with Gasteiger partial charge in [0.05, 0.1) is 0 Å². The largest absolute Gasteiger partial charge is 0.381 e. The van der Waals surface area contributed by atoms with E-state index in [-0.39, 0.29) is 0 Å². The molecule has 1 atom stereocenters. The summed E-state index contributed by atoms with van der Waals surface area (Å²) in [6, 6.07) is 6.10. The zero-order valence-electron chi connectivity index (χ0n) is 11.3. The lowest BCUT2D eigenvalue weighted by atomic mass is 9.87. The van der Waals surface area contributed by atoms with Crippen LogP contribution in [0.1, 0.15) is 37.8 Å². The Hall–Kier alpha value is -0.280. The van der Waals surface area contributed by atoms with Crippen LogP contribution in [-0.4, -0.2) is 19.8 Å². The summed E-state index contributed by atoms with van der Waals surface area (Å²) in [6.07, 6.45) is 3.28. The highest BCUT2D eigenvalue weighted by atomic mass is 35.5. The maximum Gasteiger partial charge on any atom is 0.0469 e. The van der Waals surface area contributed by atoms with E-state index in [9.17, 15) is 0 Å². The van der Waals surface area contributed by atoms with Gasteiger partial charge in [-0.3, -0.25) is 0 Å². The van der Waals surface area contributed by atoms with Crippen LogP contribution in [0.4, 0.5) is 0 Å². The molecule has 1 aromatic rings. The molecule has 1 aromatic carbocycles. The third-order valence-corrected chi connectivity index (χ3v) is 4.21. The average Bonchev–Trinajstić information content (AvgIpc) is 2.42. The molecule has 1 saturated heterocycles. The van der Waals surface area contributed by atoms with Gasteiger partial charge in [-0.1, -0.05) is 36.2 Å². The van der Waals surface area contributed by atoms with Crippen molar-refractivity contribution in [2.45, 2.75) is 32.2 Å². The molecule has 19 heavy (non-hydrogen) atoms. The molecule has 1 fully saturated rings. The third kappa shape index (κ3) is 4.09. The van der Waals surface area contributed by atoms with Gasteiger partial charge in [-0.15, -0.1) is 0 Å². The molecule has 0 spiro atoms. The topological polar surface area (TPSA) is 21.3 Å². The van der Waals surface area contributed by atoms with Gasteiger partial charge in [0, 0.05) is 29.3 Å². The number of benzene rings is 1. The van der Waals surface area contributed by atoms with Crippen LogP contribution < -0.4 is 5.32 Å². The van der Waals surface area contributed by atoms with Crippen molar-refractivity contribution in [3.8, 4) is 0 Å². The molecule has 1 unspecified atom stereocenters. The Bertz CT molecular complexity index is 405. The summed E-state index contributed by atoms with van der Waals surface area (Å²) in [6.45, 7) is 4.87. The van der Waals surface area contributed by atoms with Gasteiger partial charge in [0.15, 0.2) is 0 Å². The van der Waals surface area contributed by atoms with Crippen molar-refractivity contribution in [2.24, 2.45) is 5.92 Å². The predicted octanol–water partition coefficient (Wildman–Crippen LogP) is 4.46. The fourth-order valence-electron chi connectivity index (χ4n) is 2.63. The van der Waals surface area contributed by atoms with Crippen molar-refractivity contribution in [1.29, 1.82) is 0 Å². The van der Waals surface area contributed by atoms with Crippen LogP contribution in [0.2, 0.25) is 10.0 Å². The SMILES string of the molecule is CCCNC(c1ccc(Cl)cc1Cl)C1CCOCC1. The van der Waals surface area contributed by atoms with Gasteiger partial charge in [0.2, 0.25) is 0 Å². The van der Waals surface area contributed by atoms with Crippen LogP contribution in [0.25, 0.3) is 0 Å². The van der Waals surface area contributed by atoms with Gasteiger partial charge < -0.3 is 10.1 Å². The van der Waals surface area contributed by atoms with Crippen molar-refractivity contribution < 1.29 is 4.74 Å². The lowest BCUT2D eigenvalue weighted by Crippen LogP contribution is -2.32. The second kappa shape index (κ2) is 7.49. The van der Waals surface area contributed by atoms with E-state index >= 15 is 0 Å². The standard InChI is InChI=1S/C15H21Cl2NO/c1-2-7-18-15(11-5-8-19-9-6-11)13-4-3-12(16)10-14(13)17/h3-4,10-11,15,18H,2,5-9H2,1H3. The summed E-state index contributed by atoms with van der Waals surface area (Å²) in [5.74, 6) is 0.582. The summed E-state index contributed by atoms with van der Waals surface area (Å²) in [7, 11) is 0. The molecule has 2 rings (SSSR count). The predicted molar refractivity (Wildman–Crippen MR) is 81.0 cm³/mol. The van der Waals surface area contributed by atoms with Crippen molar-refractivity contribution in [1.82, 2.24) is 5.32 Å². The molecule has 0 aromatic heterocycles. The van der Waals surface area contributed by atoms with Gasteiger partial charge in [-0.05, 0) is 49.4 Å². The minimum atomic E-state index is 0.300. The molecule has 2 nitrogen and oxygen atoms in total. The Balaban J connectivity index is 2.19. The van der Waals surface area contributed by atoms with Crippen molar-refractivity contribution >= 4 is 23.2 Å². The highest BCUT2D eigenvalue weighted by Gasteiger charge is 2.26. The maximum atomic E-state index is 6.37. The molecule has 0 radical (unpaired) electrons. The zero-order chi connectivity index (χ0) is 13.7. The number of nitrogens with one attached hydrogen (secondary N) is 1. The normalized spacial score (nSPS) is 18.5. The van der Waals surface area contributed by atoms with Crippen LogP contribution in [0.5, 0.6) is 0 Å². The Morgan fingerprint density at radius 3 is 2.68 bits per heavy atom. The first-order valence-corrected chi connectivity index (χ1v) is 7.74. The Morgan fingerprint density at radius 2 is 2.05 bits per heavy atom. The maximum absolute atomic E-state index is 6.37. The Kier molecular flexibility index (Phi) is 5.96. The zero-order valence-corrected chi connectivity index (χ0v) is 12.8. The molecule has 0 saturated carbocycles. The molecule has 1 aliphatic rings. The Labute approximate surface area is 125 Å². The average molecular weight is 302 g/mol. The van der Waals surface area contributed by atoms with E-state index in [1.165, 1.54) is 0 Å². The molecule has 0 aliphatic carbocycles. The minimum absolute atomic E-state index is 0.300. The van der Waals surface area contributed by atoms with Gasteiger partial charge >= 0.3 is 0 Å². The van der Waals surface area contributed by atoms with Crippen molar-refractivity contribution in [3.05, 3.63) is 33.8 Å². The highest BCUT2D eigenvalue weighted by molar-refractivity contribution is 6.35. The number of ether oxygens (including phenoxy) is 1. The van der Waals surface area contributed by atoms with Crippen LogP contribution in [-0.2, 0) is 4.74 Å². The van der Waals surface area contributed by atoms with Crippen LogP contribution in [0, 0.1) is 5.92 Å². The van der Waals surface area contributed by atoms with E-state index in [0.29, 0.717) is 17.0 Å². The first-order chi connectivity index (χ1) is 9.22. The first kappa shape index (κ1) is 15.1. The minimum Gasteiger partial charge on any atom is -0.381 e. The van der Waals surface area contributed by atoms with Crippen molar-refractivity contribution in [3.63, 3.8) is 0 Å². The van der Waals surface area contributed by atoms with Crippen LogP contribution in [0.3, 0.4) is 0 Å². The van der Waals surface area contributed by atoms with E-state index < -0.39 is 0 Å². The van der Waals surface area contributed by atoms with E-state index in [1.807, 2.05) is 18.2 Å².